The van der Waals surface area contributed by atoms with Crippen LogP contribution in [0.15, 0.2) is 41.6 Å². The van der Waals surface area contributed by atoms with Crippen molar-refractivity contribution in [1.82, 2.24) is 24.8 Å². The Morgan fingerprint density at radius 3 is 2.83 bits per heavy atom. The Labute approximate surface area is 170 Å². The van der Waals surface area contributed by atoms with Gasteiger partial charge in [-0.1, -0.05) is 30.3 Å². The lowest BCUT2D eigenvalue weighted by Crippen LogP contribution is -2.11. The topological polar surface area (TPSA) is 79.2 Å². The van der Waals surface area contributed by atoms with Gasteiger partial charge in [-0.15, -0.1) is 11.3 Å². The molecular weight excluding hydrogens is 391 g/mol. The molecule has 0 bridgehead atoms. The van der Waals surface area contributed by atoms with Gasteiger partial charge in [0.1, 0.15) is 5.01 Å². The third-order valence-electron chi connectivity index (χ3n) is 4.60. The van der Waals surface area contributed by atoms with Crippen molar-refractivity contribution in [2.45, 2.75) is 13.0 Å². The van der Waals surface area contributed by atoms with Gasteiger partial charge in [0.2, 0.25) is 0 Å². The maximum atomic E-state index is 13.7. The van der Waals surface area contributed by atoms with E-state index in [1.165, 1.54) is 11.3 Å². The van der Waals surface area contributed by atoms with E-state index in [0.29, 0.717) is 35.6 Å². The maximum Gasteiger partial charge on any atom is 0.167 e. The molecule has 1 aromatic carbocycles. The summed E-state index contributed by atoms with van der Waals surface area (Å²) in [7, 11) is 3.67. The van der Waals surface area contributed by atoms with Crippen LogP contribution < -0.4 is 0 Å². The van der Waals surface area contributed by atoms with E-state index in [1.807, 2.05) is 42.4 Å². The number of benzene rings is 1. The quantitative estimate of drug-likeness (QED) is 0.288. The van der Waals surface area contributed by atoms with Gasteiger partial charge in [-0.2, -0.15) is 10.2 Å². The summed E-state index contributed by atoms with van der Waals surface area (Å²) in [6.45, 7) is 0.650. The summed E-state index contributed by atoms with van der Waals surface area (Å²) in [5.41, 5.74) is 3.43. The molecule has 9 heteroatoms. The van der Waals surface area contributed by atoms with Crippen LogP contribution in [-0.2, 0) is 20.0 Å². The number of nitrogens with zero attached hydrogens (tertiary/aromatic N) is 5. The molecule has 3 heterocycles. The molecule has 4 rings (SSSR count). The van der Waals surface area contributed by atoms with Gasteiger partial charge in [-0.3, -0.25) is 14.9 Å². The number of carbonyl (C=O) groups excluding carboxylic acids is 1. The van der Waals surface area contributed by atoms with Crippen molar-refractivity contribution in [2.24, 2.45) is 12.1 Å². The van der Waals surface area contributed by atoms with Crippen molar-refractivity contribution < 1.29 is 9.18 Å². The molecule has 0 unspecified atom stereocenters. The van der Waals surface area contributed by atoms with Crippen molar-refractivity contribution in [3.63, 3.8) is 0 Å². The highest BCUT2D eigenvalue weighted by molar-refractivity contribution is 7.19. The number of hydrogen-bond donors (Lipinski definition) is 1. The largest absolute Gasteiger partial charge is 0.325 e. The highest BCUT2D eigenvalue weighted by Gasteiger charge is 2.19. The van der Waals surface area contributed by atoms with Crippen LogP contribution in [0, 0.1) is 5.82 Å². The summed E-state index contributed by atoms with van der Waals surface area (Å²) < 4.78 is 16.3. The summed E-state index contributed by atoms with van der Waals surface area (Å²) in [4.78, 5) is 16.2. The number of fused-ring (bicyclic) bond motifs is 1. The second kappa shape index (κ2) is 7.96. The zero-order valence-electron chi connectivity index (χ0n) is 16.0. The Hall–Kier alpha value is -3.33. The zero-order valence-corrected chi connectivity index (χ0v) is 16.8. The predicted molar refractivity (Wildman–Crippen MR) is 111 cm³/mol. The van der Waals surface area contributed by atoms with E-state index in [2.05, 4.69) is 20.3 Å². The number of aromatic amines is 1. The molecule has 0 saturated carbocycles. The molecule has 0 aliphatic carbocycles. The van der Waals surface area contributed by atoms with E-state index in [0.717, 1.165) is 27.8 Å². The molecule has 7 nitrogen and oxygen atoms in total. The van der Waals surface area contributed by atoms with Crippen LogP contribution in [0.25, 0.3) is 10.3 Å². The first-order valence-electron chi connectivity index (χ1n) is 8.97. The first-order valence-corrected chi connectivity index (χ1v) is 9.78. The van der Waals surface area contributed by atoms with E-state index >= 15 is 0 Å². The smallest absolute Gasteiger partial charge is 0.167 e. The fraction of sp³-hybridized carbons (Fsp3) is 0.200. The Bertz CT molecular complexity index is 1180. The molecule has 0 aliphatic rings. The Kier molecular flexibility index (Phi) is 5.22. The number of aldehydes is 1. The van der Waals surface area contributed by atoms with E-state index < -0.39 is 0 Å². The van der Waals surface area contributed by atoms with Crippen LogP contribution in [-0.4, -0.2) is 44.3 Å². The second-order valence-electron chi connectivity index (χ2n) is 6.66. The minimum atomic E-state index is -0.387. The summed E-state index contributed by atoms with van der Waals surface area (Å²) in [5, 5.41) is 13.4. The SMILES string of the molecule is CN(Cc1ccccc1)/N=C\c1c(C=O)n(C)c2nc(Cc3[nH]ncc3F)sc12. The molecule has 0 amide bonds. The molecule has 0 saturated heterocycles. The molecule has 0 radical (unpaired) electrons. The number of hydrogen-bond acceptors (Lipinski definition) is 6. The Balaban J connectivity index is 1.63. The van der Waals surface area contributed by atoms with E-state index in [9.17, 15) is 9.18 Å². The summed E-state index contributed by atoms with van der Waals surface area (Å²) >= 11 is 1.42. The number of aryl methyl sites for hydroxylation is 1. The molecule has 0 fully saturated rings. The molecule has 1 N–H and O–H groups in total. The Morgan fingerprint density at radius 2 is 2.14 bits per heavy atom. The van der Waals surface area contributed by atoms with Gasteiger partial charge in [0.05, 0.1) is 35.0 Å². The molecule has 29 heavy (non-hydrogen) atoms. The summed E-state index contributed by atoms with van der Waals surface area (Å²) in [6.07, 6.45) is 3.95. The fourth-order valence-corrected chi connectivity index (χ4v) is 4.26. The lowest BCUT2D eigenvalue weighted by atomic mass is 10.2. The average Bonchev–Trinajstić information content (AvgIpc) is 3.37. The maximum absolute atomic E-state index is 13.7. The molecule has 0 aliphatic heterocycles. The molecule has 0 atom stereocenters. The number of halogens is 1. The van der Waals surface area contributed by atoms with E-state index in [1.54, 1.807) is 17.8 Å². The van der Waals surface area contributed by atoms with Crippen molar-refractivity contribution in [1.29, 1.82) is 0 Å². The minimum absolute atomic E-state index is 0.312. The van der Waals surface area contributed by atoms with Gasteiger partial charge in [-0.05, 0) is 5.56 Å². The zero-order chi connectivity index (χ0) is 20.4. The number of rotatable bonds is 7. The standard InChI is InChI=1S/C20H19FN6OS/c1-26(11-13-6-4-3-5-7-13)23-9-14-17(12-28)27(2)20-19(14)29-18(24-20)8-16-15(21)10-22-25-16/h3-7,9-10,12H,8,11H2,1-2H3,(H,22,25)/b23-9-. The molecule has 3 aromatic heterocycles. The first-order chi connectivity index (χ1) is 14.1. The van der Waals surface area contributed by atoms with Gasteiger partial charge in [0.25, 0.3) is 0 Å². The van der Waals surface area contributed by atoms with E-state index in [-0.39, 0.29) is 5.82 Å². The Morgan fingerprint density at radius 1 is 1.34 bits per heavy atom. The normalized spacial score (nSPS) is 11.6. The number of aromatic nitrogens is 4. The van der Waals surface area contributed by atoms with Crippen LogP contribution in [0.3, 0.4) is 0 Å². The number of H-pyrrole nitrogens is 1. The van der Waals surface area contributed by atoms with Gasteiger partial charge < -0.3 is 4.57 Å². The lowest BCUT2D eigenvalue weighted by Gasteiger charge is -2.12. The highest BCUT2D eigenvalue weighted by atomic mass is 32.1. The average molecular weight is 410 g/mol. The number of hydrazone groups is 1. The molecule has 4 aromatic rings. The molecular formula is C20H19FN6OS. The second-order valence-corrected chi connectivity index (χ2v) is 7.74. The molecule has 0 spiro atoms. The van der Waals surface area contributed by atoms with Crippen LogP contribution in [0.1, 0.15) is 32.3 Å². The third kappa shape index (κ3) is 3.81. The van der Waals surface area contributed by atoms with Gasteiger partial charge in [-0.25, -0.2) is 9.37 Å². The first kappa shape index (κ1) is 19.0. The van der Waals surface area contributed by atoms with Crippen molar-refractivity contribution in [3.05, 3.63) is 69.9 Å². The van der Waals surface area contributed by atoms with Crippen molar-refractivity contribution in [2.75, 3.05) is 7.05 Å². The molecule has 148 valence electrons. The number of nitrogens with one attached hydrogen (secondary N) is 1. The number of thiazole rings is 1. The fourth-order valence-electron chi connectivity index (χ4n) is 3.13. The highest BCUT2D eigenvalue weighted by Crippen LogP contribution is 2.30. The van der Waals surface area contributed by atoms with Crippen LogP contribution in [0.4, 0.5) is 4.39 Å². The van der Waals surface area contributed by atoms with Gasteiger partial charge in [0.15, 0.2) is 17.8 Å². The predicted octanol–water partition coefficient (Wildman–Crippen LogP) is 3.37. The van der Waals surface area contributed by atoms with Crippen LogP contribution >= 0.6 is 11.3 Å². The third-order valence-corrected chi connectivity index (χ3v) is 5.67. The van der Waals surface area contributed by atoms with Crippen molar-refractivity contribution in [3.8, 4) is 0 Å². The minimum Gasteiger partial charge on any atom is -0.325 e. The van der Waals surface area contributed by atoms with Crippen LogP contribution in [0.2, 0.25) is 0 Å². The van der Waals surface area contributed by atoms with Crippen molar-refractivity contribution >= 4 is 34.2 Å². The number of carbonyl (C=O) groups is 1. The summed E-state index contributed by atoms with van der Waals surface area (Å²) in [5.74, 6) is -0.387. The van der Waals surface area contributed by atoms with E-state index in [4.69, 9.17) is 0 Å². The van der Waals surface area contributed by atoms with Gasteiger partial charge in [0, 0.05) is 26.1 Å². The lowest BCUT2D eigenvalue weighted by molar-refractivity contribution is 0.111. The summed E-state index contributed by atoms with van der Waals surface area (Å²) in [6, 6.07) is 10.0. The monoisotopic (exact) mass is 410 g/mol. The van der Waals surface area contributed by atoms with Gasteiger partial charge >= 0.3 is 0 Å². The van der Waals surface area contributed by atoms with Crippen LogP contribution in [0.5, 0.6) is 0 Å².